The lowest BCUT2D eigenvalue weighted by Gasteiger charge is -2.23. The molecule has 0 saturated heterocycles. The van der Waals surface area contributed by atoms with Gasteiger partial charge >= 0.3 is 0 Å². The van der Waals surface area contributed by atoms with E-state index in [1.54, 1.807) is 0 Å². The molecule has 0 unspecified atom stereocenters. The van der Waals surface area contributed by atoms with Crippen LogP contribution in [0.25, 0.3) is 78.3 Å². The molecule has 1 aromatic heterocycles. The van der Waals surface area contributed by atoms with Crippen molar-refractivity contribution in [3.63, 3.8) is 0 Å². The van der Waals surface area contributed by atoms with Crippen molar-refractivity contribution in [2.24, 2.45) is 0 Å². The highest BCUT2D eigenvalue weighted by molar-refractivity contribution is 5.98. The van der Waals surface area contributed by atoms with E-state index in [4.69, 9.17) is 15.0 Å². The zero-order valence-electron chi connectivity index (χ0n) is 27.4. The number of rotatable bonds is 5. The predicted molar refractivity (Wildman–Crippen MR) is 202 cm³/mol. The van der Waals surface area contributed by atoms with E-state index >= 15 is 0 Å². The van der Waals surface area contributed by atoms with E-state index in [-0.39, 0.29) is 5.41 Å². The Morgan fingerprint density at radius 1 is 0.367 bits per heavy atom. The van der Waals surface area contributed by atoms with Crippen molar-refractivity contribution >= 4 is 10.8 Å². The Bertz CT molecular complexity index is 2440. The lowest BCUT2D eigenvalue weighted by atomic mass is 9.80. The molecule has 0 atom stereocenters. The Labute approximate surface area is 286 Å². The van der Waals surface area contributed by atoms with Gasteiger partial charge in [-0.3, -0.25) is 0 Å². The minimum absolute atomic E-state index is 0.186. The van der Waals surface area contributed by atoms with Gasteiger partial charge in [-0.05, 0) is 79.5 Å². The molecule has 0 bridgehead atoms. The molecular formula is C46H33N3. The van der Waals surface area contributed by atoms with Gasteiger partial charge in [-0.1, -0.05) is 153 Å². The molecule has 49 heavy (non-hydrogen) atoms. The van der Waals surface area contributed by atoms with Gasteiger partial charge < -0.3 is 0 Å². The largest absolute Gasteiger partial charge is 0.208 e. The van der Waals surface area contributed by atoms with E-state index in [1.165, 1.54) is 33.0 Å². The minimum Gasteiger partial charge on any atom is -0.208 e. The van der Waals surface area contributed by atoms with Crippen molar-refractivity contribution in [1.82, 2.24) is 15.0 Å². The Morgan fingerprint density at radius 3 is 1.49 bits per heavy atom. The topological polar surface area (TPSA) is 38.7 Å². The number of fused-ring (bicyclic) bond motifs is 5. The van der Waals surface area contributed by atoms with Gasteiger partial charge in [0.2, 0.25) is 0 Å². The van der Waals surface area contributed by atoms with E-state index in [0.717, 1.165) is 38.9 Å². The van der Waals surface area contributed by atoms with Gasteiger partial charge in [-0.15, -0.1) is 0 Å². The summed E-state index contributed by atoms with van der Waals surface area (Å²) >= 11 is 0. The van der Waals surface area contributed by atoms with Gasteiger partial charge in [0.05, 0.1) is 0 Å². The molecule has 0 radical (unpaired) electrons. The van der Waals surface area contributed by atoms with Crippen LogP contribution in [0.15, 0.2) is 164 Å². The highest BCUT2D eigenvalue weighted by Gasteiger charge is 2.37. The van der Waals surface area contributed by atoms with Crippen LogP contribution in [-0.4, -0.2) is 15.0 Å². The van der Waals surface area contributed by atoms with Crippen molar-refractivity contribution in [3.05, 3.63) is 175 Å². The number of nitrogens with zero attached hydrogens (tertiary/aromatic N) is 3. The van der Waals surface area contributed by atoms with Gasteiger partial charge in [0.25, 0.3) is 0 Å². The second-order valence-corrected chi connectivity index (χ2v) is 13.3. The normalized spacial score (nSPS) is 12.9. The first-order valence-electron chi connectivity index (χ1n) is 16.8. The van der Waals surface area contributed by atoms with Crippen LogP contribution in [0.2, 0.25) is 0 Å². The molecule has 0 fully saturated rings. The minimum atomic E-state index is -0.186. The maximum absolute atomic E-state index is 5.22. The molecule has 0 saturated carbocycles. The van der Waals surface area contributed by atoms with E-state index in [9.17, 15) is 0 Å². The average molecular weight is 628 g/mol. The van der Waals surface area contributed by atoms with E-state index < -0.39 is 0 Å². The summed E-state index contributed by atoms with van der Waals surface area (Å²) in [6, 6.07) is 57.8. The highest BCUT2D eigenvalue weighted by Crippen LogP contribution is 2.52. The molecule has 1 heterocycles. The maximum atomic E-state index is 5.22. The third kappa shape index (κ3) is 5.03. The quantitative estimate of drug-likeness (QED) is 0.191. The molecule has 8 aromatic rings. The summed E-state index contributed by atoms with van der Waals surface area (Å²) in [5.41, 5.74) is 12.5. The molecule has 0 aliphatic heterocycles. The molecule has 9 rings (SSSR count). The van der Waals surface area contributed by atoms with Crippen LogP contribution in [-0.2, 0) is 5.41 Å². The first-order valence-corrected chi connectivity index (χ1v) is 16.8. The van der Waals surface area contributed by atoms with Gasteiger partial charge in [0, 0.05) is 22.1 Å². The molecule has 232 valence electrons. The van der Waals surface area contributed by atoms with E-state index in [0.29, 0.717) is 17.5 Å². The SMILES string of the molecule is CC1(C)c2cc(-c3nc(-c4ccccc4)nc(-c4cc(-c5ccccc5)cc(-c5ccccc5)c4)n3)ccc2-c2ccc3ccccc3c21. The van der Waals surface area contributed by atoms with Crippen molar-refractivity contribution in [2.75, 3.05) is 0 Å². The van der Waals surface area contributed by atoms with Crippen LogP contribution >= 0.6 is 0 Å². The molecule has 3 nitrogen and oxygen atoms in total. The zero-order chi connectivity index (χ0) is 33.0. The molecule has 1 aliphatic rings. The van der Waals surface area contributed by atoms with Crippen LogP contribution in [0.3, 0.4) is 0 Å². The fourth-order valence-corrected chi connectivity index (χ4v) is 7.44. The van der Waals surface area contributed by atoms with E-state index in [2.05, 4.69) is 159 Å². The van der Waals surface area contributed by atoms with Crippen LogP contribution in [0.1, 0.15) is 25.0 Å². The fourth-order valence-electron chi connectivity index (χ4n) is 7.44. The van der Waals surface area contributed by atoms with Crippen LogP contribution < -0.4 is 0 Å². The lowest BCUT2D eigenvalue weighted by Crippen LogP contribution is -2.15. The summed E-state index contributed by atoms with van der Waals surface area (Å²) in [5, 5.41) is 2.58. The summed E-state index contributed by atoms with van der Waals surface area (Å²) in [6.45, 7) is 4.67. The molecule has 3 heteroatoms. The monoisotopic (exact) mass is 627 g/mol. The summed E-state index contributed by atoms with van der Waals surface area (Å²) in [4.78, 5) is 15.4. The van der Waals surface area contributed by atoms with Crippen molar-refractivity contribution < 1.29 is 0 Å². The standard InChI is InChI=1S/C46H33N3/c1-46(2)41-29-34(23-24-39(41)40-25-22-32-18-12-13-21-38(32)42(40)46)44-47-43(33-19-10-5-11-20-33)48-45(49-44)37-27-35(30-14-6-3-7-15-30)26-36(28-37)31-16-8-4-9-17-31/h3-29H,1-2H3. The summed E-state index contributed by atoms with van der Waals surface area (Å²) < 4.78 is 0. The van der Waals surface area contributed by atoms with Crippen LogP contribution in [0.5, 0.6) is 0 Å². The number of hydrogen-bond acceptors (Lipinski definition) is 3. The molecule has 0 amide bonds. The molecular weight excluding hydrogens is 595 g/mol. The lowest BCUT2D eigenvalue weighted by molar-refractivity contribution is 0.666. The molecule has 0 spiro atoms. The molecule has 0 N–H and O–H groups in total. The number of hydrogen-bond donors (Lipinski definition) is 0. The third-order valence-corrected chi connectivity index (χ3v) is 9.87. The van der Waals surface area contributed by atoms with Crippen molar-refractivity contribution in [2.45, 2.75) is 19.3 Å². The van der Waals surface area contributed by atoms with Crippen molar-refractivity contribution in [1.29, 1.82) is 0 Å². The number of benzene rings is 7. The van der Waals surface area contributed by atoms with Gasteiger partial charge in [-0.25, -0.2) is 15.0 Å². The van der Waals surface area contributed by atoms with Gasteiger partial charge in [-0.2, -0.15) is 0 Å². The Morgan fingerprint density at radius 2 is 0.857 bits per heavy atom. The predicted octanol–water partition coefficient (Wildman–Crippen LogP) is 11.7. The van der Waals surface area contributed by atoms with Crippen LogP contribution in [0, 0.1) is 0 Å². The Kier molecular flexibility index (Phi) is 6.80. The smallest absolute Gasteiger partial charge is 0.164 e. The zero-order valence-corrected chi connectivity index (χ0v) is 27.4. The Balaban J connectivity index is 1.24. The third-order valence-electron chi connectivity index (χ3n) is 9.87. The first-order chi connectivity index (χ1) is 24.0. The molecule has 1 aliphatic carbocycles. The van der Waals surface area contributed by atoms with Crippen molar-refractivity contribution in [3.8, 4) is 67.5 Å². The van der Waals surface area contributed by atoms with Gasteiger partial charge in [0.1, 0.15) is 0 Å². The number of aromatic nitrogens is 3. The highest BCUT2D eigenvalue weighted by atomic mass is 15.0. The summed E-state index contributed by atoms with van der Waals surface area (Å²) in [6.07, 6.45) is 0. The Hall–Kier alpha value is -6.19. The van der Waals surface area contributed by atoms with Gasteiger partial charge in [0.15, 0.2) is 17.5 Å². The maximum Gasteiger partial charge on any atom is 0.164 e. The first kappa shape index (κ1) is 29.0. The average Bonchev–Trinajstić information content (AvgIpc) is 3.41. The summed E-state index contributed by atoms with van der Waals surface area (Å²) in [5.74, 6) is 1.96. The summed E-state index contributed by atoms with van der Waals surface area (Å²) in [7, 11) is 0. The van der Waals surface area contributed by atoms with E-state index in [1.807, 2.05) is 18.2 Å². The fraction of sp³-hybridized carbons (Fsp3) is 0.0652. The molecule has 7 aromatic carbocycles. The van der Waals surface area contributed by atoms with Crippen LogP contribution in [0.4, 0.5) is 0 Å². The second kappa shape index (κ2) is 11.5. The second-order valence-electron chi connectivity index (χ2n) is 13.3.